The van der Waals surface area contributed by atoms with E-state index in [1.165, 1.54) is 11.1 Å². The predicted octanol–water partition coefficient (Wildman–Crippen LogP) is 3.21. The van der Waals surface area contributed by atoms with Gasteiger partial charge in [-0.2, -0.15) is 5.26 Å². The fraction of sp³-hybridized carbons (Fsp3) is 0.312. The van der Waals surface area contributed by atoms with E-state index < -0.39 is 0 Å². The van der Waals surface area contributed by atoms with Crippen molar-refractivity contribution in [1.82, 2.24) is 4.57 Å². The average molecular weight is 253 g/mol. The van der Waals surface area contributed by atoms with Crippen LogP contribution in [0.3, 0.4) is 0 Å². The van der Waals surface area contributed by atoms with Gasteiger partial charge in [0.25, 0.3) is 0 Å². The molecule has 0 spiro atoms. The van der Waals surface area contributed by atoms with Crippen LogP contribution in [0, 0.1) is 11.3 Å². The number of nitriles is 1. The van der Waals surface area contributed by atoms with Gasteiger partial charge in [-0.25, -0.2) is 0 Å². The highest BCUT2D eigenvalue weighted by atomic mass is 14.9. The van der Waals surface area contributed by atoms with Crippen LogP contribution in [0.1, 0.15) is 42.5 Å². The van der Waals surface area contributed by atoms with Gasteiger partial charge in [0, 0.05) is 25.0 Å². The SMILES string of the molecule is CCCC(N)c1ccn(Cc2ccc(C#N)cc2)c1. The molecule has 1 aromatic heterocycles. The van der Waals surface area contributed by atoms with Gasteiger partial charge in [0.1, 0.15) is 0 Å². The first-order valence-corrected chi connectivity index (χ1v) is 6.63. The normalized spacial score (nSPS) is 12.1. The molecule has 0 aliphatic heterocycles. The predicted molar refractivity (Wildman–Crippen MR) is 76.5 cm³/mol. The van der Waals surface area contributed by atoms with Gasteiger partial charge in [-0.1, -0.05) is 25.5 Å². The molecule has 2 aromatic rings. The van der Waals surface area contributed by atoms with Crippen molar-refractivity contribution in [2.24, 2.45) is 5.73 Å². The van der Waals surface area contributed by atoms with E-state index in [1.807, 2.05) is 24.3 Å². The first-order valence-electron chi connectivity index (χ1n) is 6.63. The lowest BCUT2D eigenvalue weighted by Crippen LogP contribution is -2.08. The van der Waals surface area contributed by atoms with Crippen molar-refractivity contribution < 1.29 is 0 Å². The number of nitrogens with zero attached hydrogens (tertiary/aromatic N) is 2. The molecule has 3 nitrogen and oxygen atoms in total. The maximum atomic E-state index is 8.76. The van der Waals surface area contributed by atoms with Crippen LogP contribution in [0.15, 0.2) is 42.7 Å². The molecule has 0 saturated heterocycles. The van der Waals surface area contributed by atoms with Crippen LogP contribution in [0.25, 0.3) is 0 Å². The van der Waals surface area contributed by atoms with E-state index >= 15 is 0 Å². The standard InChI is InChI=1S/C16H19N3/c1-2-3-16(18)15-8-9-19(12-15)11-14-6-4-13(10-17)5-7-14/h4-9,12,16H,2-3,11,18H2,1H3. The monoisotopic (exact) mass is 253 g/mol. The summed E-state index contributed by atoms with van der Waals surface area (Å²) in [6.07, 6.45) is 6.28. The summed E-state index contributed by atoms with van der Waals surface area (Å²) in [5, 5.41) is 8.76. The Morgan fingerprint density at radius 1 is 1.26 bits per heavy atom. The molecule has 1 atom stereocenters. The van der Waals surface area contributed by atoms with Crippen LogP contribution in [0.5, 0.6) is 0 Å². The maximum Gasteiger partial charge on any atom is 0.0991 e. The Hall–Kier alpha value is -2.05. The van der Waals surface area contributed by atoms with Crippen molar-refractivity contribution >= 4 is 0 Å². The van der Waals surface area contributed by atoms with E-state index in [-0.39, 0.29) is 6.04 Å². The molecule has 0 aliphatic rings. The number of benzene rings is 1. The van der Waals surface area contributed by atoms with Crippen molar-refractivity contribution in [1.29, 1.82) is 5.26 Å². The first-order chi connectivity index (χ1) is 9.22. The Labute approximate surface area is 114 Å². The lowest BCUT2D eigenvalue weighted by molar-refractivity contribution is 0.636. The largest absolute Gasteiger partial charge is 0.350 e. The van der Waals surface area contributed by atoms with Gasteiger partial charge in [-0.3, -0.25) is 0 Å². The Morgan fingerprint density at radius 2 is 2.00 bits per heavy atom. The second-order valence-electron chi connectivity index (χ2n) is 4.82. The highest BCUT2D eigenvalue weighted by Gasteiger charge is 2.06. The minimum atomic E-state index is 0.132. The summed E-state index contributed by atoms with van der Waals surface area (Å²) in [6, 6.07) is 12.0. The Morgan fingerprint density at radius 3 is 2.63 bits per heavy atom. The number of hydrogen-bond acceptors (Lipinski definition) is 2. The third-order valence-electron chi connectivity index (χ3n) is 3.25. The molecule has 19 heavy (non-hydrogen) atoms. The van der Waals surface area contributed by atoms with E-state index in [9.17, 15) is 0 Å². The van der Waals surface area contributed by atoms with Gasteiger partial charge in [0.15, 0.2) is 0 Å². The Kier molecular flexibility index (Phi) is 4.38. The molecule has 1 aromatic carbocycles. The van der Waals surface area contributed by atoms with E-state index in [4.69, 9.17) is 11.0 Å². The van der Waals surface area contributed by atoms with Gasteiger partial charge in [-0.05, 0) is 35.7 Å². The molecular weight excluding hydrogens is 234 g/mol. The highest BCUT2D eigenvalue weighted by Crippen LogP contribution is 2.16. The lowest BCUT2D eigenvalue weighted by Gasteiger charge is -2.07. The van der Waals surface area contributed by atoms with Gasteiger partial charge < -0.3 is 10.3 Å². The summed E-state index contributed by atoms with van der Waals surface area (Å²) >= 11 is 0. The molecule has 1 unspecified atom stereocenters. The van der Waals surface area contributed by atoms with Gasteiger partial charge in [-0.15, -0.1) is 0 Å². The van der Waals surface area contributed by atoms with Crippen molar-refractivity contribution in [3.63, 3.8) is 0 Å². The van der Waals surface area contributed by atoms with Gasteiger partial charge in [0.05, 0.1) is 11.6 Å². The summed E-state index contributed by atoms with van der Waals surface area (Å²) in [7, 11) is 0. The van der Waals surface area contributed by atoms with E-state index in [0.717, 1.165) is 19.4 Å². The zero-order chi connectivity index (χ0) is 13.7. The zero-order valence-corrected chi connectivity index (χ0v) is 11.2. The summed E-state index contributed by atoms with van der Waals surface area (Å²) in [6.45, 7) is 2.96. The molecule has 2 N–H and O–H groups in total. The van der Waals surface area contributed by atoms with Crippen molar-refractivity contribution in [2.45, 2.75) is 32.4 Å². The maximum absolute atomic E-state index is 8.76. The molecule has 1 heterocycles. The number of aromatic nitrogens is 1. The van der Waals surface area contributed by atoms with Crippen LogP contribution < -0.4 is 5.73 Å². The average Bonchev–Trinajstić information content (AvgIpc) is 2.88. The third kappa shape index (κ3) is 3.46. The van der Waals surface area contributed by atoms with Crippen molar-refractivity contribution in [2.75, 3.05) is 0 Å². The number of hydrogen-bond donors (Lipinski definition) is 1. The second-order valence-corrected chi connectivity index (χ2v) is 4.82. The van der Waals surface area contributed by atoms with E-state index in [1.54, 1.807) is 0 Å². The molecule has 0 fully saturated rings. The molecule has 0 radical (unpaired) electrons. The zero-order valence-electron chi connectivity index (χ0n) is 11.2. The number of nitrogens with two attached hydrogens (primary N) is 1. The Bertz CT molecular complexity index is 560. The van der Waals surface area contributed by atoms with Gasteiger partial charge in [0.2, 0.25) is 0 Å². The quantitative estimate of drug-likeness (QED) is 0.889. The lowest BCUT2D eigenvalue weighted by atomic mass is 10.1. The molecule has 0 amide bonds. The van der Waals surface area contributed by atoms with Crippen LogP contribution in [-0.2, 0) is 6.54 Å². The van der Waals surface area contributed by atoms with Crippen LogP contribution in [0.4, 0.5) is 0 Å². The molecule has 2 rings (SSSR count). The summed E-state index contributed by atoms with van der Waals surface area (Å²) in [5.41, 5.74) is 9.17. The van der Waals surface area contributed by atoms with Crippen molar-refractivity contribution in [3.8, 4) is 6.07 Å². The molecule has 3 heteroatoms. The number of rotatable bonds is 5. The van der Waals surface area contributed by atoms with Crippen LogP contribution >= 0.6 is 0 Å². The first kappa shape index (κ1) is 13.4. The molecule has 0 bridgehead atoms. The molecular formula is C16H19N3. The third-order valence-corrected chi connectivity index (χ3v) is 3.25. The van der Waals surface area contributed by atoms with Crippen LogP contribution in [0.2, 0.25) is 0 Å². The van der Waals surface area contributed by atoms with E-state index in [0.29, 0.717) is 5.56 Å². The van der Waals surface area contributed by atoms with Crippen LogP contribution in [-0.4, -0.2) is 4.57 Å². The van der Waals surface area contributed by atoms with E-state index in [2.05, 4.69) is 36.0 Å². The Balaban J connectivity index is 2.05. The fourth-order valence-electron chi connectivity index (χ4n) is 2.15. The smallest absolute Gasteiger partial charge is 0.0991 e. The summed E-state index contributed by atoms with van der Waals surface area (Å²) in [4.78, 5) is 0. The second kappa shape index (κ2) is 6.21. The topological polar surface area (TPSA) is 54.7 Å². The fourth-order valence-corrected chi connectivity index (χ4v) is 2.15. The summed E-state index contributed by atoms with van der Waals surface area (Å²) in [5.74, 6) is 0. The molecule has 98 valence electrons. The highest BCUT2D eigenvalue weighted by molar-refractivity contribution is 5.31. The molecule has 0 saturated carbocycles. The minimum absolute atomic E-state index is 0.132. The van der Waals surface area contributed by atoms with Crippen molar-refractivity contribution in [3.05, 3.63) is 59.4 Å². The summed E-state index contributed by atoms with van der Waals surface area (Å²) < 4.78 is 2.13. The van der Waals surface area contributed by atoms with Gasteiger partial charge >= 0.3 is 0 Å². The minimum Gasteiger partial charge on any atom is -0.350 e. The molecule has 0 aliphatic carbocycles.